The van der Waals surface area contributed by atoms with E-state index in [0.29, 0.717) is 22.1 Å². The van der Waals surface area contributed by atoms with Gasteiger partial charge in [-0.1, -0.05) is 23.7 Å². The molecule has 0 aliphatic heterocycles. The number of nitrogens with zero attached hydrogens (tertiary/aromatic N) is 1. The Kier molecular flexibility index (Phi) is 4.95. The highest BCUT2D eigenvalue weighted by atomic mass is 35.5. The van der Waals surface area contributed by atoms with Crippen LogP contribution in [-0.2, 0) is 0 Å². The minimum atomic E-state index is -0.410. The summed E-state index contributed by atoms with van der Waals surface area (Å²) < 4.78 is 13.2. The molecular weight excluding hydrogens is 341 g/mol. The Morgan fingerprint density at radius 2 is 1.92 bits per heavy atom. The van der Waals surface area contributed by atoms with Crippen LogP contribution in [-0.4, -0.2) is 10.9 Å². The number of anilines is 3. The highest BCUT2D eigenvalue weighted by Gasteiger charge is 2.08. The molecular formula is C19H15ClFN3O. The fraction of sp³-hybridized carbons (Fsp3) is 0.0526. The molecule has 6 heteroatoms. The number of nitrogens with one attached hydrogen (secondary N) is 2. The predicted molar refractivity (Wildman–Crippen MR) is 98.1 cm³/mol. The first-order valence-corrected chi connectivity index (χ1v) is 7.96. The lowest BCUT2D eigenvalue weighted by molar-refractivity contribution is 0.102. The molecule has 1 amide bonds. The van der Waals surface area contributed by atoms with Gasteiger partial charge in [0.25, 0.3) is 5.91 Å². The van der Waals surface area contributed by atoms with Gasteiger partial charge in [-0.25, -0.2) is 9.37 Å². The molecule has 0 aliphatic rings. The van der Waals surface area contributed by atoms with E-state index in [1.165, 1.54) is 24.4 Å². The van der Waals surface area contributed by atoms with Crippen molar-refractivity contribution >= 4 is 34.7 Å². The zero-order chi connectivity index (χ0) is 17.8. The average molecular weight is 356 g/mol. The number of benzene rings is 2. The Labute approximate surface area is 149 Å². The molecule has 25 heavy (non-hydrogen) atoms. The van der Waals surface area contributed by atoms with E-state index >= 15 is 0 Å². The molecule has 0 atom stereocenters. The smallest absolute Gasteiger partial charge is 0.257 e. The van der Waals surface area contributed by atoms with Crippen LogP contribution in [0.15, 0.2) is 60.8 Å². The standard InChI is InChI=1S/C19H15ClFN3O/c1-12-16(20)6-3-7-17(12)24-18-9-8-13(11-22-18)19(25)23-15-5-2-4-14(21)10-15/h2-11H,1H3,(H,22,24)(H,23,25). The molecule has 1 heterocycles. The quantitative estimate of drug-likeness (QED) is 0.678. The lowest BCUT2D eigenvalue weighted by Crippen LogP contribution is -2.12. The van der Waals surface area contributed by atoms with Gasteiger partial charge in [-0.05, 0) is 55.0 Å². The van der Waals surface area contributed by atoms with Crippen LogP contribution in [0.5, 0.6) is 0 Å². The number of carbonyl (C=O) groups excluding carboxylic acids is 1. The Bertz CT molecular complexity index is 913. The molecule has 4 nitrogen and oxygen atoms in total. The third-order valence-corrected chi connectivity index (χ3v) is 4.05. The second kappa shape index (κ2) is 7.32. The minimum Gasteiger partial charge on any atom is -0.340 e. The van der Waals surface area contributed by atoms with E-state index in [1.807, 2.05) is 25.1 Å². The first kappa shape index (κ1) is 16.9. The van der Waals surface area contributed by atoms with Gasteiger partial charge in [-0.3, -0.25) is 4.79 Å². The Hall–Kier alpha value is -2.92. The topological polar surface area (TPSA) is 54.0 Å². The predicted octanol–water partition coefficient (Wildman–Crippen LogP) is 5.18. The Morgan fingerprint density at radius 1 is 1.12 bits per heavy atom. The van der Waals surface area contributed by atoms with E-state index in [-0.39, 0.29) is 5.91 Å². The van der Waals surface area contributed by atoms with E-state index in [0.717, 1.165) is 11.3 Å². The number of carbonyl (C=O) groups is 1. The number of pyridine rings is 1. The van der Waals surface area contributed by atoms with Crippen molar-refractivity contribution in [1.29, 1.82) is 0 Å². The molecule has 3 rings (SSSR count). The number of rotatable bonds is 4. The van der Waals surface area contributed by atoms with Gasteiger partial charge in [0.1, 0.15) is 11.6 Å². The number of hydrogen-bond acceptors (Lipinski definition) is 3. The van der Waals surface area contributed by atoms with E-state index in [1.54, 1.807) is 18.2 Å². The van der Waals surface area contributed by atoms with E-state index < -0.39 is 5.82 Å². The van der Waals surface area contributed by atoms with Gasteiger partial charge in [0.05, 0.1) is 5.56 Å². The van der Waals surface area contributed by atoms with Crippen molar-refractivity contribution < 1.29 is 9.18 Å². The summed E-state index contributed by atoms with van der Waals surface area (Å²) in [7, 11) is 0. The third-order valence-electron chi connectivity index (χ3n) is 3.64. The van der Waals surface area contributed by atoms with Crippen LogP contribution in [0.2, 0.25) is 5.02 Å². The van der Waals surface area contributed by atoms with Crippen molar-refractivity contribution in [2.24, 2.45) is 0 Å². The molecule has 0 saturated heterocycles. The summed E-state index contributed by atoms with van der Waals surface area (Å²) in [6.45, 7) is 1.91. The van der Waals surface area contributed by atoms with Crippen LogP contribution in [0, 0.1) is 12.7 Å². The van der Waals surface area contributed by atoms with E-state index in [4.69, 9.17) is 11.6 Å². The summed E-state index contributed by atoms with van der Waals surface area (Å²) in [6, 6.07) is 14.6. The molecule has 2 N–H and O–H groups in total. The van der Waals surface area contributed by atoms with Crippen LogP contribution < -0.4 is 10.6 Å². The maximum Gasteiger partial charge on any atom is 0.257 e. The SMILES string of the molecule is Cc1c(Cl)cccc1Nc1ccc(C(=O)Nc2cccc(F)c2)cn1. The lowest BCUT2D eigenvalue weighted by Gasteiger charge is -2.10. The Balaban J connectivity index is 1.71. The molecule has 3 aromatic rings. The van der Waals surface area contributed by atoms with Gasteiger partial charge in [0, 0.05) is 22.6 Å². The molecule has 0 saturated carbocycles. The third kappa shape index (κ3) is 4.14. The van der Waals surface area contributed by atoms with Crippen molar-refractivity contribution in [3.05, 3.63) is 82.8 Å². The first-order valence-electron chi connectivity index (χ1n) is 7.58. The maximum atomic E-state index is 13.2. The molecule has 0 radical (unpaired) electrons. The van der Waals surface area contributed by atoms with Crippen LogP contribution in [0.3, 0.4) is 0 Å². The highest BCUT2D eigenvalue weighted by Crippen LogP contribution is 2.25. The van der Waals surface area contributed by atoms with Crippen LogP contribution in [0.25, 0.3) is 0 Å². The average Bonchev–Trinajstić information content (AvgIpc) is 2.59. The van der Waals surface area contributed by atoms with Crippen LogP contribution in [0.1, 0.15) is 15.9 Å². The van der Waals surface area contributed by atoms with Crippen molar-refractivity contribution in [3.8, 4) is 0 Å². The van der Waals surface area contributed by atoms with E-state index in [2.05, 4.69) is 15.6 Å². The van der Waals surface area contributed by atoms with Gasteiger partial charge in [-0.15, -0.1) is 0 Å². The van der Waals surface area contributed by atoms with Crippen molar-refractivity contribution in [2.75, 3.05) is 10.6 Å². The fourth-order valence-corrected chi connectivity index (χ4v) is 2.43. The summed E-state index contributed by atoms with van der Waals surface area (Å²) in [5.41, 5.74) is 2.52. The second-order valence-corrected chi connectivity index (χ2v) is 5.84. The Morgan fingerprint density at radius 3 is 2.64 bits per heavy atom. The minimum absolute atomic E-state index is 0.358. The maximum absolute atomic E-state index is 13.2. The monoisotopic (exact) mass is 355 g/mol. The summed E-state index contributed by atoms with van der Waals surface area (Å²) in [5.74, 6) is -0.177. The summed E-state index contributed by atoms with van der Waals surface area (Å²) >= 11 is 6.09. The normalized spacial score (nSPS) is 10.4. The van der Waals surface area contributed by atoms with Crippen molar-refractivity contribution in [1.82, 2.24) is 4.98 Å². The van der Waals surface area contributed by atoms with Gasteiger partial charge in [0.15, 0.2) is 0 Å². The molecule has 1 aromatic heterocycles. The molecule has 0 bridgehead atoms. The van der Waals surface area contributed by atoms with Crippen LogP contribution in [0.4, 0.5) is 21.6 Å². The molecule has 126 valence electrons. The van der Waals surface area contributed by atoms with Crippen LogP contribution >= 0.6 is 11.6 Å². The molecule has 0 aliphatic carbocycles. The molecule has 0 spiro atoms. The van der Waals surface area contributed by atoms with Gasteiger partial charge >= 0.3 is 0 Å². The van der Waals surface area contributed by atoms with E-state index in [9.17, 15) is 9.18 Å². The van der Waals surface area contributed by atoms with Gasteiger partial charge in [0.2, 0.25) is 0 Å². The first-order chi connectivity index (χ1) is 12.0. The van der Waals surface area contributed by atoms with Gasteiger partial charge < -0.3 is 10.6 Å². The summed E-state index contributed by atoms with van der Waals surface area (Å²) in [6.07, 6.45) is 1.46. The summed E-state index contributed by atoms with van der Waals surface area (Å²) in [5, 5.41) is 6.45. The van der Waals surface area contributed by atoms with Crippen molar-refractivity contribution in [3.63, 3.8) is 0 Å². The summed E-state index contributed by atoms with van der Waals surface area (Å²) in [4.78, 5) is 16.4. The highest BCUT2D eigenvalue weighted by molar-refractivity contribution is 6.31. The zero-order valence-corrected chi connectivity index (χ0v) is 14.1. The largest absolute Gasteiger partial charge is 0.340 e. The lowest BCUT2D eigenvalue weighted by atomic mass is 10.2. The molecule has 0 unspecified atom stereocenters. The van der Waals surface area contributed by atoms with Gasteiger partial charge in [-0.2, -0.15) is 0 Å². The number of halogens is 2. The number of aromatic nitrogens is 1. The number of hydrogen-bond donors (Lipinski definition) is 2. The van der Waals surface area contributed by atoms with Crippen molar-refractivity contribution in [2.45, 2.75) is 6.92 Å². The molecule has 2 aromatic carbocycles. The molecule has 0 fully saturated rings. The fourth-order valence-electron chi connectivity index (χ4n) is 2.25. The zero-order valence-electron chi connectivity index (χ0n) is 13.4. The second-order valence-electron chi connectivity index (χ2n) is 5.43. The number of amides is 1.